The molecule has 1 unspecified atom stereocenters. The largest absolute Gasteiger partial charge is 0.399 e. The minimum atomic E-state index is -0.685. The second kappa shape index (κ2) is 5.81. The molecule has 4 N–H and O–H groups in total. The lowest BCUT2D eigenvalue weighted by Crippen LogP contribution is -2.48. The number of piperidine rings is 1. The average molecular weight is 277 g/mol. The predicted octanol–water partition coefficient (Wildman–Crippen LogP) is 1.36. The van der Waals surface area contributed by atoms with E-state index in [2.05, 4.69) is 5.32 Å². The standard InChI is InChI=1S/C15H23N3O2/c1-11-8-12(16)4-5-13(11)17-14(19)9-18-7-3-6-15(2,20)10-18/h4-5,8,20H,3,6-7,9-10,16H2,1-2H3,(H,17,19). The van der Waals surface area contributed by atoms with Gasteiger partial charge in [0.2, 0.25) is 5.91 Å². The Balaban J connectivity index is 1.92. The Morgan fingerprint density at radius 2 is 2.30 bits per heavy atom. The number of rotatable bonds is 3. The second-order valence-electron chi connectivity index (χ2n) is 5.93. The average Bonchev–Trinajstić information content (AvgIpc) is 2.31. The highest BCUT2D eigenvalue weighted by molar-refractivity contribution is 5.93. The molecule has 1 fully saturated rings. The number of hydrogen-bond acceptors (Lipinski definition) is 4. The number of hydrogen-bond donors (Lipinski definition) is 3. The Morgan fingerprint density at radius 1 is 1.55 bits per heavy atom. The normalized spacial score (nSPS) is 23.6. The number of amides is 1. The van der Waals surface area contributed by atoms with Gasteiger partial charge >= 0.3 is 0 Å². The van der Waals surface area contributed by atoms with Gasteiger partial charge in [-0.15, -0.1) is 0 Å². The van der Waals surface area contributed by atoms with Crippen LogP contribution in [0.5, 0.6) is 0 Å². The number of aliphatic hydroxyl groups is 1. The zero-order chi connectivity index (χ0) is 14.8. The minimum Gasteiger partial charge on any atom is -0.399 e. The van der Waals surface area contributed by atoms with Crippen molar-refractivity contribution in [1.82, 2.24) is 4.90 Å². The van der Waals surface area contributed by atoms with Gasteiger partial charge in [0.15, 0.2) is 0 Å². The van der Waals surface area contributed by atoms with Crippen LogP contribution in [0.15, 0.2) is 18.2 Å². The summed E-state index contributed by atoms with van der Waals surface area (Å²) in [6, 6.07) is 5.42. The number of nitrogens with two attached hydrogens (primary N) is 1. The lowest BCUT2D eigenvalue weighted by Gasteiger charge is -2.36. The first kappa shape index (κ1) is 14.8. The van der Waals surface area contributed by atoms with E-state index in [0.29, 0.717) is 18.8 Å². The first-order chi connectivity index (χ1) is 9.35. The third-order valence-corrected chi connectivity index (χ3v) is 3.65. The van der Waals surface area contributed by atoms with Gasteiger partial charge in [-0.25, -0.2) is 0 Å². The van der Waals surface area contributed by atoms with Gasteiger partial charge in [-0.3, -0.25) is 9.69 Å². The monoisotopic (exact) mass is 277 g/mol. The van der Waals surface area contributed by atoms with E-state index in [0.717, 1.165) is 30.6 Å². The first-order valence-electron chi connectivity index (χ1n) is 6.96. The Morgan fingerprint density at radius 3 is 2.95 bits per heavy atom. The lowest BCUT2D eigenvalue weighted by atomic mass is 9.95. The first-order valence-corrected chi connectivity index (χ1v) is 6.96. The number of carbonyl (C=O) groups is 1. The smallest absolute Gasteiger partial charge is 0.238 e. The highest BCUT2D eigenvalue weighted by atomic mass is 16.3. The van der Waals surface area contributed by atoms with E-state index < -0.39 is 5.60 Å². The van der Waals surface area contributed by atoms with Crippen LogP contribution in [-0.2, 0) is 4.79 Å². The maximum atomic E-state index is 12.1. The van der Waals surface area contributed by atoms with Crippen LogP contribution in [0.4, 0.5) is 11.4 Å². The van der Waals surface area contributed by atoms with Crippen molar-refractivity contribution in [2.75, 3.05) is 30.7 Å². The number of aryl methyl sites for hydroxylation is 1. The van der Waals surface area contributed by atoms with E-state index in [4.69, 9.17) is 5.73 Å². The van der Waals surface area contributed by atoms with E-state index in [-0.39, 0.29) is 5.91 Å². The number of benzene rings is 1. The third-order valence-electron chi connectivity index (χ3n) is 3.65. The summed E-state index contributed by atoms with van der Waals surface area (Å²) in [4.78, 5) is 14.1. The Hall–Kier alpha value is -1.59. The number of nitrogen functional groups attached to an aromatic ring is 1. The molecule has 2 rings (SSSR count). The fourth-order valence-corrected chi connectivity index (χ4v) is 2.68. The molecule has 0 saturated carbocycles. The summed E-state index contributed by atoms with van der Waals surface area (Å²) >= 11 is 0. The highest BCUT2D eigenvalue weighted by Crippen LogP contribution is 2.21. The van der Waals surface area contributed by atoms with Crippen LogP contribution in [0.25, 0.3) is 0 Å². The molecule has 20 heavy (non-hydrogen) atoms. The Bertz CT molecular complexity index is 500. The predicted molar refractivity (Wildman–Crippen MR) is 80.5 cm³/mol. The number of β-amino-alcohol motifs (C(OH)–C–C–N with tert-alkyl or cyclic N) is 1. The zero-order valence-corrected chi connectivity index (χ0v) is 12.1. The molecule has 5 heteroatoms. The molecule has 1 aliphatic rings. The quantitative estimate of drug-likeness (QED) is 0.729. The summed E-state index contributed by atoms with van der Waals surface area (Å²) in [6.45, 7) is 5.43. The maximum absolute atomic E-state index is 12.1. The van der Waals surface area contributed by atoms with Gasteiger partial charge in [-0.2, -0.15) is 0 Å². The van der Waals surface area contributed by atoms with Crippen LogP contribution in [0.1, 0.15) is 25.3 Å². The van der Waals surface area contributed by atoms with Crippen molar-refractivity contribution >= 4 is 17.3 Å². The van der Waals surface area contributed by atoms with E-state index in [1.165, 1.54) is 0 Å². The van der Waals surface area contributed by atoms with Crippen molar-refractivity contribution in [2.24, 2.45) is 0 Å². The van der Waals surface area contributed by atoms with Gasteiger partial charge in [0.1, 0.15) is 0 Å². The molecule has 5 nitrogen and oxygen atoms in total. The molecular formula is C15H23N3O2. The van der Waals surface area contributed by atoms with E-state index >= 15 is 0 Å². The van der Waals surface area contributed by atoms with Crippen molar-refractivity contribution in [2.45, 2.75) is 32.3 Å². The topological polar surface area (TPSA) is 78.6 Å². The summed E-state index contributed by atoms with van der Waals surface area (Å²) in [5.41, 5.74) is 7.42. The fraction of sp³-hybridized carbons (Fsp3) is 0.533. The van der Waals surface area contributed by atoms with Crippen molar-refractivity contribution in [3.63, 3.8) is 0 Å². The third kappa shape index (κ3) is 3.95. The molecule has 0 spiro atoms. The zero-order valence-electron chi connectivity index (χ0n) is 12.1. The highest BCUT2D eigenvalue weighted by Gasteiger charge is 2.29. The summed E-state index contributed by atoms with van der Waals surface area (Å²) in [6.07, 6.45) is 1.71. The molecule has 1 saturated heterocycles. The molecule has 1 aliphatic heterocycles. The maximum Gasteiger partial charge on any atom is 0.238 e. The van der Waals surface area contributed by atoms with Crippen molar-refractivity contribution < 1.29 is 9.90 Å². The molecule has 0 bridgehead atoms. The van der Waals surface area contributed by atoms with E-state index in [1.54, 1.807) is 6.07 Å². The van der Waals surface area contributed by atoms with Crippen molar-refractivity contribution in [3.8, 4) is 0 Å². The Kier molecular flexibility index (Phi) is 4.30. The van der Waals surface area contributed by atoms with Crippen molar-refractivity contribution in [3.05, 3.63) is 23.8 Å². The van der Waals surface area contributed by atoms with Crippen LogP contribution in [0.3, 0.4) is 0 Å². The summed E-state index contributed by atoms with van der Waals surface area (Å²) in [5.74, 6) is -0.0597. The summed E-state index contributed by atoms with van der Waals surface area (Å²) in [7, 11) is 0. The van der Waals surface area contributed by atoms with Gasteiger partial charge in [-0.1, -0.05) is 0 Å². The van der Waals surface area contributed by atoms with Crippen LogP contribution < -0.4 is 11.1 Å². The molecule has 1 atom stereocenters. The number of likely N-dealkylation sites (tertiary alicyclic amines) is 1. The second-order valence-corrected chi connectivity index (χ2v) is 5.93. The van der Waals surface area contributed by atoms with Crippen LogP contribution in [0, 0.1) is 6.92 Å². The number of nitrogens with one attached hydrogen (secondary N) is 1. The molecule has 0 aromatic heterocycles. The number of nitrogens with zero attached hydrogens (tertiary/aromatic N) is 1. The minimum absolute atomic E-state index is 0.0597. The molecule has 1 aromatic rings. The lowest BCUT2D eigenvalue weighted by molar-refractivity contribution is -0.118. The molecule has 0 radical (unpaired) electrons. The molecule has 1 amide bonds. The van der Waals surface area contributed by atoms with Crippen LogP contribution >= 0.6 is 0 Å². The van der Waals surface area contributed by atoms with Gasteiger partial charge in [0.25, 0.3) is 0 Å². The van der Waals surface area contributed by atoms with E-state index in [9.17, 15) is 9.90 Å². The summed E-state index contributed by atoms with van der Waals surface area (Å²) < 4.78 is 0. The van der Waals surface area contributed by atoms with Crippen molar-refractivity contribution in [1.29, 1.82) is 0 Å². The Labute approximate surface area is 119 Å². The van der Waals surface area contributed by atoms with Gasteiger partial charge < -0.3 is 16.2 Å². The van der Waals surface area contributed by atoms with Gasteiger partial charge in [0, 0.05) is 17.9 Å². The van der Waals surface area contributed by atoms with Gasteiger partial charge in [0.05, 0.1) is 12.1 Å². The fourth-order valence-electron chi connectivity index (χ4n) is 2.68. The number of anilines is 2. The molecule has 110 valence electrons. The van der Waals surface area contributed by atoms with E-state index in [1.807, 2.05) is 30.9 Å². The summed E-state index contributed by atoms with van der Waals surface area (Å²) in [5, 5.41) is 12.9. The molecular weight excluding hydrogens is 254 g/mol. The van der Waals surface area contributed by atoms with Crippen LogP contribution in [-0.4, -0.2) is 41.1 Å². The SMILES string of the molecule is Cc1cc(N)ccc1NC(=O)CN1CCCC(C)(O)C1. The number of carbonyl (C=O) groups excluding carboxylic acids is 1. The molecule has 0 aliphatic carbocycles. The van der Waals surface area contributed by atoms with Gasteiger partial charge in [-0.05, 0) is 57.0 Å². The molecule has 1 heterocycles. The van der Waals surface area contributed by atoms with Crippen LogP contribution in [0.2, 0.25) is 0 Å². The molecule has 1 aromatic carbocycles.